The van der Waals surface area contributed by atoms with Crippen LogP contribution in [0.3, 0.4) is 0 Å². The lowest BCUT2D eigenvalue weighted by molar-refractivity contribution is -0.139. The van der Waals surface area contributed by atoms with E-state index >= 15 is 0 Å². The highest BCUT2D eigenvalue weighted by Crippen LogP contribution is 2.41. The number of hydrogen-bond donors (Lipinski definition) is 6. The number of carbonyl (C=O) groups is 1. The van der Waals surface area contributed by atoms with Gasteiger partial charge in [0.2, 0.25) is 25.9 Å². The number of thiazole rings is 1. The molecule has 15 nitrogen and oxygen atoms in total. The number of sulfonamides is 2. The van der Waals surface area contributed by atoms with Gasteiger partial charge in [0.15, 0.2) is 5.13 Å². The molecular formula is C19H19N9O6S3. The standard InChI is InChI=1S/C19H19N9O6S3/c20-19-23-15-10(2-1-3-12(15)35-19)9-4-5-13(16(36(21,31)32)14(9)17-24-27-28-25-17)37(33,34)26-8-6-11(18(29)30)22-7-8/h1-5,8,11,22,26H,6-7H2,(H2,20,23)(H,29,30)(H2,21,31,32)(H,24,25,27,28)/t8-,11-/m1/s1. The van der Waals surface area contributed by atoms with Crippen molar-refractivity contribution in [1.82, 2.24) is 35.6 Å². The summed E-state index contributed by atoms with van der Waals surface area (Å²) in [6.45, 7) is 0.0317. The van der Waals surface area contributed by atoms with Crippen molar-refractivity contribution >= 4 is 52.7 Å². The van der Waals surface area contributed by atoms with E-state index in [1.54, 1.807) is 18.2 Å². The highest BCUT2D eigenvalue weighted by Gasteiger charge is 2.36. The largest absolute Gasteiger partial charge is 0.480 e. The average molecular weight is 566 g/mol. The van der Waals surface area contributed by atoms with Gasteiger partial charge in [-0.1, -0.05) is 29.5 Å². The molecular weight excluding hydrogens is 546 g/mol. The predicted octanol–water partition coefficient (Wildman–Crippen LogP) is -0.534. The van der Waals surface area contributed by atoms with E-state index in [9.17, 15) is 26.7 Å². The number of aliphatic carboxylic acids is 1. The van der Waals surface area contributed by atoms with Crippen LogP contribution in [0.5, 0.6) is 0 Å². The molecule has 0 amide bonds. The second kappa shape index (κ2) is 9.08. The minimum Gasteiger partial charge on any atom is -0.480 e. The number of nitrogen functional groups attached to an aromatic ring is 1. The molecule has 0 saturated carbocycles. The highest BCUT2D eigenvalue weighted by atomic mass is 32.2. The van der Waals surface area contributed by atoms with Crippen LogP contribution in [0.15, 0.2) is 40.1 Å². The van der Waals surface area contributed by atoms with Crippen molar-refractivity contribution in [3.05, 3.63) is 30.3 Å². The lowest BCUT2D eigenvalue weighted by Gasteiger charge is -2.18. The number of rotatable bonds is 7. The Morgan fingerprint density at radius 1 is 1.16 bits per heavy atom. The van der Waals surface area contributed by atoms with Crippen LogP contribution in [-0.4, -0.2) is 72.1 Å². The second-order valence-electron chi connectivity index (χ2n) is 8.15. The molecule has 0 unspecified atom stereocenters. The van der Waals surface area contributed by atoms with Crippen LogP contribution < -0.4 is 20.9 Å². The summed E-state index contributed by atoms with van der Waals surface area (Å²) in [5.74, 6) is -1.35. The zero-order valence-corrected chi connectivity index (χ0v) is 21.1. The number of benzene rings is 2. The van der Waals surface area contributed by atoms with Crippen molar-refractivity contribution in [2.75, 3.05) is 12.3 Å². The maximum Gasteiger partial charge on any atom is 0.320 e. The smallest absolute Gasteiger partial charge is 0.320 e. The number of para-hydroxylation sites is 1. The predicted molar refractivity (Wildman–Crippen MR) is 132 cm³/mol. The molecule has 0 radical (unpaired) electrons. The van der Waals surface area contributed by atoms with Gasteiger partial charge >= 0.3 is 5.97 Å². The zero-order valence-electron chi connectivity index (χ0n) is 18.6. The van der Waals surface area contributed by atoms with Crippen LogP contribution in [-0.2, 0) is 24.8 Å². The molecule has 1 aliphatic rings. The maximum atomic E-state index is 13.4. The third kappa shape index (κ3) is 4.65. The number of carboxylic acid groups (broad SMARTS) is 1. The summed E-state index contributed by atoms with van der Waals surface area (Å²) in [7, 11) is -9.22. The number of primary sulfonamides is 1. The van der Waals surface area contributed by atoms with E-state index in [1.807, 2.05) is 0 Å². The number of H-pyrrole nitrogens is 1. The topological polar surface area (TPSA) is 249 Å². The Bertz CT molecular complexity index is 1740. The third-order valence-electron chi connectivity index (χ3n) is 5.74. The van der Waals surface area contributed by atoms with Crippen LogP contribution in [0.2, 0.25) is 0 Å². The first kappa shape index (κ1) is 25.1. The number of tetrazole rings is 1. The van der Waals surface area contributed by atoms with E-state index in [0.717, 1.165) is 6.07 Å². The number of aromatic amines is 1. The van der Waals surface area contributed by atoms with E-state index in [2.05, 4.69) is 35.6 Å². The number of fused-ring (bicyclic) bond motifs is 1. The molecule has 1 aliphatic heterocycles. The number of nitrogens with two attached hydrogens (primary N) is 2. The van der Waals surface area contributed by atoms with Crippen molar-refractivity contribution in [2.45, 2.75) is 28.3 Å². The second-order valence-corrected chi connectivity index (χ2v) is 12.4. The summed E-state index contributed by atoms with van der Waals surface area (Å²) in [5, 5.41) is 31.2. The molecule has 2 aromatic heterocycles. The fourth-order valence-corrected chi connectivity index (χ4v) is 7.86. The molecule has 2 aromatic carbocycles. The molecule has 2 atom stereocenters. The van der Waals surface area contributed by atoms with E-state index in [0.29, 0.717) is 15.8 Å². The van der Waals surface area contributed by atoms with Crippen molar-refractivity contribution in [2.24, 2.45) is 5.14 Å². The Labute approximate surface area is 213 Å². The van der Waals surface area contributed by atoms with Gasteiger partial charge in [-0.25, -0.2) is 31.7 Å². The molecule has 0 bridgehead atoms. The van der Waals surface area contributed by atoms with Crippen molar-refractivity contribution in [1.29, 1.82) is 0 Å². The summed E-state index contributed by atoms with van der Waals surface area (Å²) in [6, 6.07) is 5.90. The van der Waals surface area contributed by atoms with Crippen molar-refractivity contribution in [3.63, 3.8) is 0 Å². The molecule has 0 aliphatic carbocycles. The molecule has 8 N–H and O–H groups in total. The maximum absolute atomic E-state index is 13.4. The van der Waals surface area contributed by atoms with Gasteiger partial charge in [0.1, 0.15) is 15.8 Å². The van der Waals surface area contributed by atoms with Gasteiger partial charge in [-0.15, -0.1) is 10.2 Å². The van der Waals surface area contributed by atoms with E-state index < -0.39 is 47.9 Å². The molecule has 37 heavy (non-hydrogen) atoms. The molecule has 18 heteroatoms. The fourth-order valence-electron chi connectivity index (χ4n) is 4.25. The van der Waals surface area contributed by atoms with Gasteiger partial charge in [0, 0.05) is 18.2 Å². The molecule has 194 valence electrons. The monoisotopic (exact) mass is 565 g/mol. The highest BCUT2D eigenvalue weighted by molar-refractivity contribution is 7.92. The van der Waals surface area contributed by atoms with Gasteiger partial charge in [-0.05, 0) is 29.3 Å². The summed E-state index contributed by atoms with van der Waals surface area (Å²) in [6.07, 6.45) is -0.0394. The molecule has 3 heterocycles. The zero-order chi connectivity index (χ0) is 26.5. The summed E-state index contributed by atoms with van der Waals surface area (Å²) in [4.78, 5) is 14.2. The van der Waals surface area contributed by atoms with Gasteiger partial charge in [0.05, 0.1) is 15.8 Å². The molecule has 4 aromatic rings. The van der Waals surface area contributed by atoms with Crippen LogP contribution in [0.4, 0.5) is 5.13 Å². The number of aromatic nitrogens is 5. The third-order valence-corrected chi connectivity index (χ3v) is 9.28. The van der Waals surface area contributed by atoms with Gasteiger partial charge in [-0.3, -0.25) is 4.79 Å². The quantitative estimate of drug-likeness (QED) is 0.165. The molecule has 1 saturated heterocycles. The Hall–Kier alpha value is -3.55. The minimum atomic E-state index is -4.70. The Morgan fingerprint density at radius 3 is 2.59 bits per heavy atom. The first-order chi connectivity index (χ1) is 17.5. The first-order valence-electron chi connectivity index (χ1n) is 10.5. The van der Waals surface area contributed by atoms with Gasteiger partial charge in [-0.2, -0.15) is 5.21 Å². The fraction of sp³-hybridized carbons (Fsp3) is 0.211. The van der Waals surface area contributed by atoms with Crippen LogP contribution in [0, 0.1) is 0 Å². The van der Waals surface area contributed by atoms with Gasteiger partial charge < -0.3 is 16.2 Å². The number of carboxylic acids is 1. The molecule has 0 spiro atoms. The Kier molecular flexibility index (Phi) is 6.16. The first-order valence-corrected chi connectivity index (χ1v) is 14.4. The number of nitrogens with zero attached hydrogens (tertiary/aromatic N) is 4. The van der Waals surface area contributed by atoms with Crippen LogP contribution in [0.1, 0.15) is 6.42 Å². The van der Waals surface area contributed by atoms with E-state index in [1.165, 1.54) is 17.4 Å². The Morgan fingerprint density at radius 2 is 1.95 bits per heavy atom. The van der Waals surface area contributed by atoms with Crippen molar-refractivity contribution in [3.8, 4) is 22.5 Å². The number of nitrogens with one attached hydrogen (secondary N) is 3. The minimum absolute atomic E-state index is 0.0317. The Balaban J connectivity index is 1.74. The summed E-state index contributed by atoms with van der Waals surface area (Å²) < 4.78 is 55.8. The van der Waals surface area contributed by atoms with E-state index in [4.69, 9.17) is 10.9 Å². The average Bonchev–Trinajstić information content (AvgIpc) is 3.57. The lowest BCUT2D eigenvalue weighted by Crippen LogP contribution is -2.37. The lowest BCUT2D eigenvalue weighted by atomic mass is 9.98. The van der Waals surface area contributed by atoms with Crippen molar-refractivity contribution < 1.29 is 26.7 Å². The summed E-state index contributed by atoms with van der Waals surface area (Å²) in [5.41, 5.74) is 6.81. The normalized spacial score (nSPS) is 18.4. The van der Waals surface area contributed by atoms with E-state index in [-0.39, 0.29) is 35.0 Å². The molecule has 5 rings (SSSR count). The SMILES string of the molecule is Nc1nc2c(-c3ccc(S(=O)(=O)N[C@H]4CN[C@@H](C(=O)O)C4)c(S(N)(=O)=O)c3-c3nn[nH]n3)cccc2s1. The molecule has 1 fully saturated rings. The summed E-state index contributed by atoms with van der Waals surface area (Å²) >= 11 is 1.22. The number of hydrogen-bond acceptors (Lipinski definition) is 12. The van der Waals surface area contributed by atoms with Crippen LogP contribution >= 0.6 is 11.3 Å². The van der Waals surface area contributed by atoms with Crippen LogP contribution in [0.25, 0.3) is 32.7 Å². The number of anilines is 1. The van der Waals surface area contributed by atoms with Gasteiger partial charge in [0.25, 0.3) is 0 Å².